The first kappa shape index (κ1) is 20.2. The zero-order valence-corrected chi connectivity index (χ0v) is 19.0. The summed E-state index contributed by atoms with van der Waals surface area (Å²) in [7, 11) is 2.20. The Bertz CT molecular complexity index is 1050. The molecule has 2 amide bonds. The van der Waals surface area contributed by atoms with Gasteiger partial charge in [0, 0.05) is 25.8 Å². The molecule has 0 aromatic heterocycles. The molecule has 0 spiro atoms. The Kier molecular flexibility index (Phi) is 4.65. The lowest BCUT2D eigenvalue weighted by Gasteiger charge is -2.49. The number of rotatable bonds is 2. The van der Waals surface area contributed by atoms with Crippen LogP contribution in [0.3, 0.4) is 0 Å². The van der Waals surface area contributed by atoms with Crippen LogP contribution in [-0.2, 0) is 12.0 Å². The van der Waals surface area contributed by atoms with Crippen molar-refractivity contribution in [1.82, 2.24) is 10.2 Å². The number of hydrogen-bond donors (Lipinski definition) is 1. The molecule has 31 heavy (non-hydrogen) atoms. The van der Waals surface area contributed by atoms with Gasteiger partial charge in [0.15, 0.2) is 0 Å². The van der Waals surface area contributed by atoms with Gasteiger partial charge in [-0.15, -0.1) is 0 Å². The first-order valence-corrected chi connectivity index (χ1v) is 11.5. The van der Waals surface area contributed by atoms with Gasteiger partial charge in [0.2, 0.25) is 0 Å². The number of anilines is 1. The normalized spacial score (nSPS) is 26.9. The molecular formula is C27H33N3O. The molecule has 4 heteroatoms. The maximum absolute atomic E-state index is 13.6. The Balaban J connectivity index is 1.59. The molecule has 4 nitrogen and oxygen atoms in total. The number of carbonyl (C=O) groups is 1. The largest absolute Gasteiger partial charge is 0.350 e. The average molecular weight is 416 g/mol. The summed E-state index contributed by atoms with van der Waals surface area (Å²) >= 11 is 0. The Morgan fingerprint density at radius 1 is 1.13 bits per heavy atom. The van der Waals surface area contributed by atoms with E-state index in [4.69, 9.17) is 0 Å². The molecular weight excluding hydrogens is 382 g/mol. The van der Waals surface area contributed by atoms with Crippen molar-refractivity contribution in [3.63, 3.8) is 0 Å². The minimum absolute atomic E-state index is 0.0365. The van der Waals surface area contributed by atoms with E-state index >= 15 is 0 Å². The lowest BCUT2D eigenvalue weighted by Crippen LogP contribution is -2.65. The third kappa shape index (κ3) is 2.63. The summed E-state index contributed by atoms with van der Waals surface area (Å²) < 4.78 is 0. The molecule has 0 unspecified atom stereocenters. The second kappa shape index (κ2) is 7.15. The summed E-state index contributed by atoms with van der Waals surface area (Å²) in [4.78, 5) is 18.2. The molecule has 2 aliphatic heterocycles. The highest BCUT2D eigenvalue weighted by atomic mass is 16.2. The van der Waals surface area contributed by atoms with Crippen molar-refractivity contribution in [3.8, 4) is 0 Å². The number of fused-ring (bicyclic) bond motifs is 1. The van der Waals surface area contributed by atoms with Crippen LogP contribution in [0.2, 0.25) is 0 Å². The third-order valence-electron chi connectivity index (χ3n) is 8.03. The molecule has 3 aliphatic rings. The van der Waals surface area contributed by atoms with Crippen molar-refractivity contribution in [3.05, 3.63) is 76.9 Å². The lowest BCUT2D eigenvalue weighted by molar-refractivity contribution is 0.115. The van der Waals surface area contributed by atoms with Crippen LogP contribution in [0.5, 0.6) is 0 Å². The van der Waals surface area contributed by atoms with E-state index in [9.17, 15) is 4.79 Å². The molecule has 5 rings (SSSR count). The summed E-state index contributed by atoms with van der Waals surface area (Å²) in [5.74, 6) is 0. The molecule has 1 saturated carbocycles. The van der Waals surface area contributed by atoms with E-state index in [1.165, 1.54) is 28.0 Å². The number of likely N-dealkylation sites (tertiary alicyclic amines) is 1. The molecule has 1 aliphatic carbocycles. The summed E-state index contributed by atoms with van der Waals surface area (Å²) in [6, 6.07) is 14.8. The Labute approximate surface area is 185 Å². The molecule has 2 atom stereocenters. The predicted molar refractivity (Wildman–Crippen MR) is 126 cm³/mol. The van der Waals surface area contributed by atoms with Crippen LogP contribution in [0.1, 0.15) is 54.4 Å². The number of urea groups is 1. The fourth-order valence-electron chi connectivity index (χ4n) is 6.87. The van der Waals surface area contributed by atoms with E-state index in [0.717, 1.165) is 44.2 Å². The van der Waals surface area contributed by atoms with Crippen molar-refractivity contribution in [1.29, 1.82) is 0 Å². The van der Waals surface area contributed by atoms with E-state index in [0.29, 0.717) is 6.54 Å². The van der Waals surface area contributed by atoms with E-state index in [1.54, 1.807) is 0 Å². The summed E-state index contributed by atoms with van der Waals surface area (Å²) in [5.41, 5.74) is 7.17. The molecule has 2 aromatic rings. The van der Waals surface area contributed by atoms with Gasteiger partial charge >= 0.3 is 6.03 Å². The molecule has 1 N–H and O–H groups in total. The number of hydrogen-bond acceptors (Lipinski definition) is 2. The molecule has 2 heterocycles. The van der Waals surface area contributed by atoms with Gasteiger partial charge in [-0.05, 0) is 74.3 Å². The minimum atomic E-state index is -0.373. The van der Waals surface area contributed by atoms with Crippen molar-refractivity contribution in [2.24, 2.45) is 0 Å². The van der Waals surface area contributed by atoms with Gasteiger partial charge in [0.1, 0.15) is 5.66 Å². The van der Waals surface area contributed by atoms with Crippen LogP contribution in [0, 0.1) is 13.8 Å². The fourth-order valence-corrected chi connectivity index (χ4v) is 6.87. The number of carbonyl (C=O) groups excluding carboxylic acids is 1. The van der Waals surface area contributed by atoms with Gasteiger partial charge in [-0.2, -0.15) is 0 Å². The highest BCUT2D eigenvalue weighted by Gasteiger charge is 2.69. The van der Waals surface area contributed by atoms with Crippen molar-refractivity contribution in [2.45, 2.75) is 63.6 Å². The van der Waals surface area contributed by atoms with Crippen LogP contribution >= 0.6 is 0 Å². The SMILES string of the molecule is C=C1CCCC[C@@]23N(C(=O)NCc4ccccc4)CC[C@@]12c1c(C)cc(C)cc1N3C. The number of aryl methyl sites for hydroxylation is 2. The molecule has 2 fully saturated rings. The van der Waals surface area contributed by atoms with Gasteiger partial charge in [0.05, 0.1) is 5.41 Å². The molecule has 2 aromatic carbocycles. The van der Waals surface area contributed by atoms with Gasteiger partial charge in [-0.1, -0.05) is 48.6 Å². The fraction of sp³-hybridized carbons (Fsp3) is 0.444. The van der Waals surface area contributed by atoms with Crippen LogP contribution in [0.4, 0.5) is 10.5 Å². The minimum Gasteiger partial charge on any atom is -0.350 e. The second-order valence-corrected chi connectivity index (χ2v) is 9.61. The lowest BCUT2D eigenvalue weighted by atomic mass is 9.65. The first-order valence-electron chi connectivity index (χ1n) is 11.5. The number of benzene rings is 2. The summed E-state index contributed by atoms with van der Waals surface area (Å²) in [6.45, 7) is 10.4. The van der Waals surface area contributed by atoms with E-state index in [1.807, 2.05) is 18.2 Å². The summed E-state index contributed by atoms with van der Waals surface area (Å²) in [5, 5.41) is 3.22. The van der Waals surface area contributed by atoms with Crippen LogP contribution in [0.25, 0.3) is 0 Å². The molecule has 162 valence electrons. The highest BCUT2D eigenvalue weighted by molar-refractivity contribution is 5.82. The maximum Gasteiger partial charge on any atom is 0.319 e. The first-order chi connectivity index (χ1) is 14.9. The van der Waals surface area contributed by atoms with Crippen LogP contribution in [0.15, 0.2) is 54.6 Å². The summed E-state index contributed by atoms with van der Waals surface area (Å²) in [6.07, 6.45) is 5.23. The topological polar surface area (TPSA) is 35.6 Å². The zero-order chi connectivity index (χ0) is 21.8. The van der Waals surface area contributed by atoms with E-state index in [2.05, 4.69) is 66.9 Å². The second-order valence-electron chi connectivity index (χ2n) is 9.61. The standard InChI is InChI=1S/C27H33N3O/c1-19-16-20(2)24-23(17-19)29(4)27-13-9-8-10-21(3)26(24,27)14-15-30(27)25(31)28-18-22-11-6-5-7-12-22/h5-7,11-12,16-17H,3,8-10,13-15,18H2,1-2,4H3,(H,28,31)/t26-,27+/m0/s1. The van der Waals surface area contributed by atoms with Gasteiger partial charge in [-0.25, -0.2) is 4.79 Å². The third-order valence-corrected chi connectivity index (χ3v) is 8.03. The van der Waals surface area contributed by atoms with Crippen molar-refractivity contribution in [2.75, 3.05) is 18.5 Å². The van der Waals surface area contributed by atoms with Gasteiger partial charge < -0.3 is 15.1 Å². The average Bonchev–Trinajstić information content (AvgIpc) is 3.14. The van der Waals surface area contributed by atoms with Crippen molar-refractivity contribution >= 4 is 11.7 Å². The number of nitrogens with one attached hydrogen (secondary N) is 1. The molecule has 0 bridgehead atoms. The Morgan fingerprint density at radius 2 is 1.90 bits per heavy atom. The quantitative estimate of drug-likeness (QED) is 0.664. The van der Waals surface area contributed by atoms with E-state index < -0.39 is 0 Å². The Hall–Kier alpha value is -2.75. The highest BCUT2D eigenvalue weighted by Crippen LogP contribution is 2.65. The number of likely N-dealkylation sites (N-methyl/N-ethyl adjacent to an activating group) is 1. The Morgan fingerprint density at radius 3 is 2.68 bits per heavy atom. The zero-order valence-electron chi connectivity index (χ0n) is 19.0. The smallest absolute Gasteiger partial charge is 0.319 e. The van der Waals surface area contributed by atoms with Gasteiger partial charge in [0.25, 0.3) is 0 Å². The van der Waals surface area contributed by atoms with Crippen LogP contribution < -0.4 is 10.2 Å². The number of nitrogens with zero attached hydrogens (tertiary/aromatic N) is 2. The van der Waals surface area contributed by atoms with Gasteiger partial charge in [-0.3, -0.25) is 0 Å². The predicted octanol–water partition coefficient (Wildman–Crippen LogP) is 5.43. The van der Waals surface area contributed by atoms with Crippen molar-refractivity contribution < 1.29 is 4.79 Å². The molecule has 1 saturated heterocycles. The monoisotopic (exact) mass is 415 g/mol. The number of amides is 2. The van der Waals surface area contributed by atoms with Crippen LogP contribution in [-0.4, -0.2) is 30.2 Å². The maximum atomic E-state index is 13.6. The molecule has 0 radical (unpaired) electrons. The van der Waals surface area contributed by atoms with E-state index in [-0.39, 0.29) is 17.1 Å².